The molecule has 1 aliphatic heterocycles. The summed E-state index contributed by atoms with van der Waals surface area (Å²) in [6.45, 7) is 4.06. The molecule has 1 saturated heterocycles. The fourth-order valence-electron chi connectivity index (χ4n) is 3.21. The van der Waals surface area contributed by atoms with Crippen molar-refractivity contribution >= 4 is 0 Å². The molecular formula is C12H24N2O. The molecule has 3 heteroatoms. The maximum atomic E-state index is 9.87. The third-order valence-corrected chi connectivity index (χ3v) is 4.26. The molecule has 0 aromatic rings. The van der Waals surface area contributed by atoms with Gasteiger partial charge in [-0.25, -0.2) is 0 Å². The number of aliphatic hydroxyl groups excluding tert-OH is 1. The second-order valence-electron chi connectivity index (χ2n) is 5.29. The lowest BCUT2D eigenvalue weighted by molar-refractivity contribution is 0.0412. The van der Waals surface area contributed by atoms with Crippen LogP contribution in [-0.4, -0.2) is 48.3 Å². The molecule has 3 nitrogen and oxygen atoms in total. The average Bonchev–Trinajstić information content (AvgIpc) is 2.64. The van der Waals surface area contributed by atoms with Crippen LogP contribution >= 0.6 is 0 Å². The van der Waals surface area contributed by atoms with Crippen molar-refractivity contribution in [1.82, 2.24) is 10.2 Å². The molecule has 2 N–H and O–H groups in total. The minimum Gasteiger partial charge on any atom is -0.390 e. The summed E-state index contributed by atoms with van der Waals surface area (Å²) in [5, 5.41) is 13.1. The monoisotopic (exact) mass is 212 g/mol. The maximum absolute atomic E-state index is 9.87. The minimum atomic E-state index is -0.177. The molecule has 4 unspecified atom stereocenters. The highest BCUT2D eigenvalue weighted by molar-refractivity contribution is 4.92. The van der Waals surface area contributed by atoms with Gasteiger partial charge in [0.05, 0.1) is 6.10 Å². The number of aliphatic hydroxyl groups is 1. The van der Waals surface area contributed by atoms with Crippen molar-refractivity contribution < 1.29 is 5.11 Å². The smallest absolute Gasteiger partial charge is 0.0831 e. The van der Waals surface area contributed by atoms with Crippen molar-refractivity contribution in [3.05, 3.63) is 0 Å². The van der Waals surface area contributed by atoms with E-state index in [-0.39, 0.29) is 6.10 Å². The fraction of sp³-hybridized carbons (Fsp3) is 1.00. The van der Waals surface area contributed by atoms with Gasteiger partial charge in [-0.15, -0.1) is 0 Å². The third-order valence-electron chi connectivity index (χ3n) is 4.26. The zero-order chi connectivity index (χ0) is 10.8. The predicted octanol–water partition coefficient (Wildman–Crippen LogP) is 0.830. The van der Waals surface area contributed by atoms with Gasteiger partial charge in [-0.3, -0.25) is 4.90 Å². The van der Waals surface area contributed by atoms with E-state index in [1.165, 1.54) is 25.7 Å². The summed E-state index contributed by atoms with van der Waals surface area (Å²) >= 11 is 0. The van der Waals surface area contributed by atoms with Crippen molar-refractivity contribution in [2.24, 2.45) is 5.92 Å². The summed E-state index contributed by atoms with van der Waals surface area (Å²) in [5.41, 5.74) is 0. The number of rotatable bonds is 2. The van der Waals surface area contributed by atoms with Gasteiger partial charge in [0.15, 0.2) is 0 Å². The molecule has 0 aromatic carbocycles. The van der Waals surface area contributed by atoms with Gasteiger partial charge in [-0.05, 0) is 25.8 Å². The van der Waals surface area contributed by atoms with Gasteiger partial charge in [0.2, 0.25) is 0 Å². The molecule has 1 saturated carbocycles. The van der Waals surface area contributed by atoms with Gasteiger partial charge in [0, 0.05) is 25.2 Å². The second kappa shape index (κ2) is 4.81. The lowest BCUT2D eigenvalue weighted by Crippen LogP contribution is -2.49. The van der Waals surface area contributed by atoms with E-state index >= 15 is 0 Å². The van der Waals surface area contributed by atoms with Crippen molar-refractivity contribution in [1.29, 1.82) is 0 Å². The van der Waals surface area contributed by atoms with Crippen LogP contribution in [0.3, 0.4) is 0 Å². The van der Waals surface area contributed by atoms with E-state index in [0.29, 0.717) is 12.1 Å². The minimum absolute atomic E-state index is 0.177. The Balaban J connectivity index is 1.96. The molecule has 0 bridgehead atoms. The molecule has 15 heavy (non-hydrogen) atoms. The van der Waals surface area contributed by atoms with Gasteiger partial charge in [0.25, 0.3) is 0 Å². The van der Waals surface area contributed by atoms with Gasteiger partial charge in [-0.1, -0.05) is 19.8 Å². The first kappa shape index (κ1) is 11.4. The molecule has 2 aliphatic rings. The van der Waals surface area contributed by atoms with Crippen LogP contribution in [0.5, 0.6) is 0 Å². The third kappa shape index (κ3) is 2.35. The molecular weight excluding hydrogens is 188 g/mol. The van der Waals surface area contributed by atoms with Crippen LogP contribution in [0.2, 0.25) is 0 Å². The molecule has 2 fully saturated rings. The number of nitrogens with one attached hydrogen (secondary N) is 1. The van der Waals surface area contributed by atoms with Crippen LogP contribution < -0.4 is 5.32 Å². The quantitative estimate of drug-likeness (QED) is 0.712. The number of hydrogen-bond donors (Lipinski definition) is 2. The number of nitrogens with zero attached hydrogens (tertiary/aromatic N) is 1. The second-order valence-corrected chi connectivity index (χ2v) is 5.29. The Bertz CT molecular complexity index is 210. The normalized spacial score (nSPS) is 42.4. The van der Waals surface area contributed by atoms with E-state index < -0.39 is 0 Å². The van der Waals surface area contributed by atoms with Crippen LogP contribution in [0.25, 0.3) is 0 Å². The van der Waals surface area contributed by atoms with Crippen molar-refractivity contribution in [2.45, 2.75) is 50.8 Å². The Morgan fingerprint density at radius 2 is 1.87 bits per heavy atom. The number of likely N-dealkylation sites (N-methyl/N-ethyl adjacent to an activating group) is 1. The molecule has 88 valence electrons. The fourth-order valence-corrected chi connectivity index (χ4v) is 3.21. The zero-order valence-electron chi connectivity index (χ0n) is 9.95. The Kier molecular flexibility index (Phi) is 3.65. The van der Waals surface area contributed by atoms with Crippen molar-refractivity contribution in [3.8, 4) is 0 Å². The van der Waals surface area contributed by atoms with E-state index in [0.717, 1.165) is 19.0 Å². The SMILES string of the molecule is CC1CCCCC1N(C)C1CNCC1O. The lowest BCUT2D eigenvalue weighted by atomic mass is 9.84. The Labute approximate surface area is 92.8 Å². The van der Waals surface area contributed by atoms with Crippen LogP contribution in [-0.2, 0) is 0 Å². The van der Waals surface area contributed by atoms with Crippen LogP contribution in [0.4, 0.5) is 0 Å². The van der Waals surface area contributed by atoms with Crippen LogP contribution in [0, 0.1) is 5.92 Å². The maximum Gasteiger partial charge on any atom is 0.0831 e. The summed E-state index contributed by atoms with van der Waals surface area (Å²) in [5.74, 6) is 0.788. The highest BCUT2D eigenvalue weighted by Crippen LogP contribution is 2.29. The van der Waals surface area contributed by atoms with Gasteiger partial charge in [-0.2, -0.15) is 0 Å². The van der Waals surface area contributed by atoms with E-state index in [1.807, 2.05) is 0 Å². The van der Waals surface area contributed by atoms with E-state index in [4.69, 9.17) is 0 Å². The summed E-state index contributed by atoms with van der Waals surface area (Å²) < 4.78 is 0. The molecule has 0 aromatic heterocycles. The van der Waals surface area contributed by atoms with Crippen molar-refractivity contribution in [3.63, 3.8) is 0 Å². The molecule has 0 radical (unpaired) electrons. The Morgan fingerprint density at radius 3 is 2.47 bits per heavy atom. The number of β-amino-alcohol motifs (C(OH)–C–C–N with tert-alkyl or cyclic N) is 1. The molecule has 1 heterocycles. The number of hydrogen-bond acceptors (Lipinski definition) is 3. The lowest BCUT2D eigenvalue weighted by Gasteiger charge is -2.40. The zero-order valence-corrected chi connectivity index (χ0v) is 9.95. The molecule has 0 spiro atoms. The highest BCUT2D eigenvalue weighted by atomic mass is 16.3. The largest absolute Gasteiger partial charge is 0.390 e. The predicted molar refractivity (Wildman–Crippen MR) is 61.8 cm³/mol. The van der Waals surface area contributed by atoms with Crippen molar-refractivity contribution in [2.75, 3.05) is 20.1 Å². The molecule has 0 amide bonds. The van der Waals surface area contributed by atoms with Crippen LogP contribution in [0.15, 0.2) is 0 Å². The highest BCUT2D eigenvalue weighted by Gasteiger charge is 2.34. The molecule has 2 rings (SSSR count). The van der Waals surface area contributed by atoms with E-state index in [1.54, 1.807) is 0 Å². The van der Waals surface area contributed by atoms with Gasteiger partial charge < -0.3 is 10.4 Å². The van der Waals surface area contributed by atoms with E-state index in [2.05, 4.69) is 24.2 Å². The first-order valence-electron chi connectivity index (χ1n) is 6.31. The summed E-state index contributed by atoms with van der Waals surface area (Å²) in [4.78, 5) is 2.43. The molecule has 4 atom stereocenters. The van der Waals surface area contributed by atoms with E-state index in [9.17, 15) is 5.11 Å². The first-order chi connectivity index (χ1) is 7.20. The topological polar surface area (TPSA) is 35.5 Å². The standard InChI is InChI=1S/C12H24N2O/c1-9-5-3-4-6-10(9)14(2)11-7-13-8-12(11)15/h9-13,15H,3-8H2,1-2H3. The Morgan fingerprint density at radius 1 is 1.13 bits per heavy atom. The average molecular weight is 212 g/mol. The Hall–Kier alpha value is -0.120. The van der Waals surface area contributed by atoms with Gasteiger partial charge in [0.1, 0.15) is 0 Å². The van der Waals surface area contributed by atoms with Gasteiger partial charge >= 0.3 is 0 Å². The van der Waals surface area contributed by atoms with Crippen LogP contribution in [0.1, 0.15) is 32.6 Å². The first-order valence-corrected chi connectivity index (χ1v) is 6.31. The summed E-state index contributed by atoms with van der Waals surface area (Å²) in [6, 6.07) is 1.01. The summed E-state index contributed by atoms with van der Waals surface area (Å²) in [6.07, 6.45) is 5.22. The molecule has 1 aliphatic carbocycles. The summed E-state index contributed by atoms with van der Waals surface area (Å²) in [7, 11) is 2.19.